The molecule has 2 bridgehead atoms. The molecule has 3 rings (SSSR count). The largest absolute Gasteiger partial charge is 0.378 e. The number of amides is 1. The number of nitro benzene ring substituents is 1. The molecule has 0 aromatic heterocycles. The first-order valence-electron chi connectivity index (χ1n) is 8.94. The molecule has 4 atom stereocenters. The van der Waals surface area contributed by atoms with Crippen molar-refractivity contribution in [1.29, 1.82) is 0 Å². The van der Waals surface area contributed by atoms with Crippen molar-refractivity contribution < 1.29 is 18.1 Å². The van der Waals surface area contributed by atoms with Gasteiger partial charge in [0, 0.05) is 31.5 Å². The Kier molecular flexibility index (Phi) is 5.38. The van der Waals surface area contributed by atoms with Crippen molar-refractivity contribution in [1.82, 2.24) is 5.32 Å². The van der Waals surface area contributed by atoms with Gasteiger partial charge in [-0.25, -0.2) is 8.42 Å². The number of nitrogens with zero attached hydrogens (tertiary/aromatic N) is 1. The number of hydrogen-bond acceptors (Lipinski definition) is 7. The molecular formula is C17H24N4O5S. The van der Waals surface area contributed by atoms with E-state index in [0.29, 0.717) is 18.4 Å². The van der Waals surface area contributed by atoms with Gasteiger partial charge in [-0.15, -0.1) is 0 Å². The lowest BCUT2D eigenvalue weighted by molar-refractivity contribution is -0.384. The third kappa shape index (κ3) is 4.06. The zero-order valence-corrected chi connectivity index (χ0v) is 15.9. The van der Waals surface area contributed by atoms with Crippen LogP contribution in [0.4, 0.5) is 11.4 Å². The van der Waals surface area contributed by atoms with E-state index in [1.165, 1.54) is 12.1 Å². The van der Waals surface area contributed by atoms with Crippen molar-refractivity contribution in [2.45, 2.75) is 30.2 Å². The number of nitrogens with one attached hydrogen (secondary N) is 2. The Morgan fingerprint density at radius 1 is 1.30 bits per heavy atom. The number of benzene rings is 1. The summed E-state index contributed by atoms with van der Waals surface area (Å²) in [6, 6.07) is 3.63. The molecule has 27 heavy (non-hydrogen) atoms. The molecule has 0 aliphatic heterocycles. The van der Waals surface area contributed by atoms with E-state index in [2.05, 4.69) is 10.6 Å². The van der Waals surface area contributed by atoms with Crippen LogP contribution in [0.15, 0.2) is 23.1 Å². The molecule has 2 aliphatic carbocycles. The van der Waals surface area contributed by atoms with E-state index in [0.717, 1.165) is 31.6 Å². The quantitative estimate of drug-likeness (QED) is 0.353. The number of sulfone groups is 1. The minimum absolute atomic E-state index is 0.0570. The Balaban J connectivity index is 1.56. The van der Waals surface area contributed by atoms with Crippen LogP contribution in [0.2, 0.25) is 0 Å². The van der Waals surface area contributed by atoms with Crippen LogP contribution in [0.1, 0.15) is 19.3 Å². The highest BCUT2D eigenvalue weighted by Crippen LogP contribution is 2.47. The van der Waals surface area contributed by atoms with Gasteiger partial charge in [0.25, 0.3) is 5.69 Å². The smallest absolute Gasteiger partial charge is 0.293 e. The van der Waals surface area contributed by atoms with Gasteiger partial charge in [-0.1, -0.05) is 0 Å². The second-order valence-electron chi connectivity index (χ2n) is 7.36. The molecule has 1 aromatic carbocycles. The van der Waals surface area contributed by atoms with Crippen LogP contribution < -0.4 is 16.4 Å². The van der Waals surface area contributed by atoms with Crippen LogP contribution in [0, 0.1) is 27.9 Å². The number of fused-ring (bicyclic) bond motifs is 2. The highest BCUT2D eigenvalue weighted by molar-refractivity contribution is 7.90. The van der Waals surface area contributed by atoms with Gasteiger partial charge >= 0.3 is 0 Å². The van der Waals surface area contributed by atoms with E-state index in [1.54, 1.807) is 0 Å². The molecule has 9 nitrogen and oxygen atoms in total. The summed E-state index contributed by atoms with van der Waals surface area (Å²) < 4.78 is 23.1. The molecular weight excluding hydrogens is 372 g/mol. The van der Waals surface area contributed by atoms with Gasteiger partial charge in [0.2, 0.25) is 5.91 Å². The van der Waals surface area contributed by atoms with E-state index >= 15 is 0 Å². The third-order valence-corrected chi connectivity index (χ3v) is 6.73. The SMILES string of the molecule is CS(=O)(=O)c1ccc(NCCNC(=O)C2C3CCC(C3)C2N)c([N+](=O)[O-])c1. The number of rotatable bonds is 7. The molecule has 2 aliphatic rings. The summed E-state index contributed by atoms with van der Waals surface area (Å²) in [5, 5.41) is 16.9. The molecule has 4 unspecified atom stereocenters. The van der Waals surface area contributed by atoms with E-state index in [4.69, 9.17) is 5.73 Å². The molecule has 10 heteroatoms. The van der Waals surface area contributed by atoms with Crippen LogP contribution in [-0.2, 0) is 14.6 Å². The lowest BCUT2D eigenvalue weighted by atomic mass is 9.84. The Bertz CT molecular complexity index is 855. The first-order valence-corrected chi connectivity index (χ1v) is 10.8. The first kappa shape index (κ1) is 19.6. The van der Waals surface area contributed by atoms with Crippen molar-refractivity contribution >= 4 is 27.1 Å². The van der Waals surface area contributed by atoms with Crippen LogP contribution in [0.25, 0.3) is 0 Å². The van der Waals surface area contributed by atoms with Crippen molar-refractivity contribution in [2.24, 2.45) is 23.5 Å². The Hall–Kier alpha value is -2.20. The van der Waals surface area contributed by atoms with Crippen molar-refractivity contribution in [3.63, 3.8) is 0 Å². The maximum absolute atomic E-state index is 12.4. The number of nitrogens with two attached hydrogens (primary N) is 1. The van der Waals surface area contributed by atoms with E-state index in [1.807, 2.05) is 0 Å². The maximum atomic E-state index is 12.4. The molecule has 1 amide bonds. The third-order valence-electron chi connectivity index (χ3n) is 5.62. The van der Waals surface area contributed by atoms with E-state index in [9.17, 15) is 23.3 Å². The molecule has 0 saturated heterocycles. The summed E-state index contributed by atoms with van der Waals surface area (Å²) in [7, 11) is -3.53. The van der Waals surface area contributed by atoms with Crippen LogP contribution in [0.3, 0.4) is 0 Å². The van der Waals surface area contributed by atoms with Crippen LogP contribution >= 0.6 is 0 Å². The first-order chi connectivity index (χ1) is 12.7. The van der Waals surface area contributed by atoms with Gasteiger partial charge in [-0.05, 0) is 43.2 Å². The average molecular weight is 396 g/mol. The average Bonchev–Trinajstić information content (AvgIpc) is 3.18. The van der Waals surface area contributed by atoms with E-state index < -0.39 is 14.8 Å². The van der Waals surface area contributed by atoms with Gasteiger partial charge in [-0.2, -0.15) is 0 Å². The fourth-order valence-electron chi connectivity index (χ4n) is 4.27. The summed E-state index contributed by atoms with van der Waals surface area (Å²) in [5.74, 6) is 0.605. The lowest BCUT2D eigenvalue weighted by Crippen LogP contribution is -2.46. The summed E-state index contributed by atoms with van der Waals surface area (Å²) >= 11 is 0. The molecule has 0 spiro atoms. The van der Waals surface area contributed by atoms with Gasteiger partial charge in [0.15, 0.2) is 9.84 Å². The lowest BCUT2D eigenvalue weighted by Gasteiger charge is -2.27. The molecule has 148 valence electrons. The van der Waals surface area contributed by atoms with Crippen molar-refractivity contribution in [2.75, 3.05) is 24.7 Å². The van der Waals surface area contributed by atoms with Crippen LogP contribution in [0.5, 0.6) is 0 Å². The fourth-order valence-corrected chi connectivity index (χ4v) is 4.91. The topological polar surface area (TPSA) is 144 Å². The standard InChI is InChI=1S/C17H24N4O5S/c1-27(25,26)12-4-5-13(14(9-12)21(23)24)19-6-7-20-17(22)15-10-2-3-11(8-10)16(15)18/h4-5,9-11,15-16,19H,2-3,6-8,18H2,1H3,(H,20,22). The predicted octanol–water partition coefficient (Wildman–Crippen LogP) is 0.900. The summed E-state index contributed by atoms with van der Waals surface area (Å²) in [6.45, 7) is 0.575. The highest BCUT2D eigenvalue weighted by Gasteiger charge is 2.48. The summed E-state index contributed by atoms with van der Waals surface area (Å²) in [5.41, 5.74) is 6.05. The molecule has 2 saturated carbocycles. The Morgan fingerprint density at radius 3 is 2.59 bits per heavy atom. The van der Waals surface area contributed by atoms with Gasteiger partial charge in [0.1, 0.15) is 5.69 Å². The molecule has 4 N–H and O–H groups in total. The maximum Gasteiger partial charge on any atom is 0.293 e. The predicted molar refractivity (Wildman–Crippen MR) is 100 cm³/mol. The molecule has 1 aromatic rings. The number of hydrogen-bond donors (Lipinski definition) is 3. The Morgan fingerprint density at radius 2 is 2.00 bits per heavy atom. The minimum atomic E-state index is -3.53. The monoisotopic (exact) mass is 396 g/mol. The molecule has 0 radical (unpaired) electrons. The van der Waals surface area contributed by atoms with E-state index in [-0.39, 0.29) is 40.7 Å². The zero-order valence-electron chi connectivity index (χ0n) is 15.1. The van der Waals surface area contributed by atoms with Gasteiger partial charge in [-0.3, -0.25) is 14.9 Å². The van der Waals surface area contributed by atoms with Gasteiger partial charge in [0.05, 0.1) is 15.7 Å². The van der Waals surface area contributed by atoms with Crippen LogP contribution in [-0.4, -0.2) is 44.6 Å². The zero-order chi connectivity index (χ0) is 19.8. The van der Waals surface area contributed by atoms with Crippen molar-refractivity contribution in [3.05, 3.63) is 28.3 Å². The number of carbonyl (C=O) groups is 1. The fraction of sp³-hybridized carbons (Fsp3) is 0.588. The second kappa shape index (κ2) is 7.43. The summed E-state index contributed by atoms with van der Waals surface area (Å²) in [6.07, 6.45) is 4.17. The number of anilines is 1. The normalized spacial score (nSPS) is 26.7. The molecule has 2 fully saturated rings. The highest BCUT2D eigenvalue weighted by atomic mass is 32.2. The molecule has 0 heterocycles. The summed E-state index contributed by atoms with van der Waals surface area (Å²) in [4.78, 5) is 22.9. The Labute approximate surface area is 157 Å². The number of nitro groups is 1. The van der Waals surface area contributed by atoms with Gasteiger partial charge < -0.3 is 16.4 Å². The van der Waals surface area contributed by atoms with Crippen molar-refractivity contribution in [3.8, 4) is 0 Å². The minimum Gasteiger partial charge on any atom is -0.378 e. The second-order valence-corrected chi connectivity index (χ2v) is 9.38. The number of carbonyl (C=O) groups excluding carboxylic acids is 1.